The number of rotatable bonds is 5. The maximum Gasteiger partial charge on any atom is 0.278 e. The number of nitrogens with zero attached hydrogens (tertiary/aromatic N) is 1. The second-order valence-corrected chi connectivity index (χ2v) is 7.65. The number of aryl methyl sites for hydroxylation is 2. The van der Waals surface area contributed by atoms with Crippen LogP contribution in [0.15, 0.2) is 66.4 Å². The highest BCUT2D eigenvalue weighted by Crippen LogP contribution is 2.33. The first-order valence-corrected chi connectivity index (χ1v) is 9.89. The molecule has 4 nitrogen and oxygen atoms in total. The summed E-state index contributed by atoms with van der Waals surface area (Å²) in [5.74, 6) is -3.67. The van der Waals surface area contributed by atoms with Crippen molar-refractivity contribution in [2.45, 2.75) is 20.4 Å². The van der Waals surface area contributed by atoms with Crippen molar-refractivity contribution in [1.82, 2.24) is 4.90 Å². The van der Waals surface area contributed by atoms with Crippen LogP contribution < -0.4 is 5.32 Å². The summed E-state index contributed by atoms with van der Waals surface area (Å²) in [7, 11) is 0. The lowest BCUT2D eigenvalue weighted by Crippen LogP contribution is -2.32. The fraction of sp³-hybridized carbons (Fsp3) is 0.120. The number of imide groups is 1. The molecule has 4 rings (SSSR count). The zero-order chi connectivity index (χ0) is 23.0. The predicted octanol–water partition coefficient (Wildman–Crippen LogP) is 5.11. The first kappa shape index (κ1) is 21.4. The van der Waals surface area contributed by atoms with Gasteiger partial charge in [0.15, 0.2) is 11.6 Å². The number of halogens is 3. The number of benzene rings is 3. The number of nitrogens with one attached hydrogen (secondary N) is 1. The number of carbonyl (C=O) groups excluding carboxylic acids is 2. The van der Waals surface area contributed by atoms with Crippen LogP contribution in [-0.2, 0) is 16.1 Å². The molecule has 0 aromatic heterocycles. The van der Waals surface area contributed by atoms with Crippen LogP contribution in [0.3, 0.4) is 0 Å². The molecule has 0 radical (unpaired) electrons. The van der Waals surface area contributed by atoms with Gasteiger partial charge in [-0.2, -0.15) is 0 Å². The third-order valence-corrected chi connectivity index (χ3v) is 5.26. The van der Waals surface area contributed by atoms with Crippen molar-refractivity contribution in [3.63, 3.8) is 0 Å². The number of hydrogen-bond donors (Lipinski definition) is 1. The average Bonchev–Trinajstić information content (AvgIpc) is 2.97. The first-order valence-electron chi connectivity index (χ1n) is 9.89. The van der Waals surface area contributed by atoms with Crippen LogP contribution in [0, 0.1) is 31.3 Å². The molecule has 0 fully saturated rings. The Balaban J connectivity index is 1.77. The largest absolute Gasteiger partial charge is 0.350 e. The fourth-order valence-corrected chi connectivity index (χ4v) is 3.67. The predicted molar refractivity (Wildman–Crippen MR) is 115 cm³/mol. The lowest BCUT2D eigenvalue weighted by Gasteiger charge is -2.15. The molecule has 1 aliphatic heterocycles. The van der Waals surface area contributed by atoms with Crippen molar-refractivity contribution in [3.05, 3.63) is 106 Å². The second kappa shape index (κ2) is 8.34. The fourth-order valence-electron chi connectivity index (χ4n) is 3.67. The van der Waals surface area contributed by atoms with E-state index in [4.69, 9.17) is 0 Å². The summed E-state index contributed by atoms with van der Waals surface area (Å²) in [6.45, 7) is 3.67. The smallest absolute Gasteiger partial charge is 0.278 e. The van der Waals surface area contributed by atoms with Crippen LogP contribution in [0.25, 0.3) is 5.57 Å². The molecule has 1 N–H and O–H groups in total. The van der Waals surface area contributed by atoms with E-state index in [-0.39, 0.29) is 23.5 Å². The molecule has 0 saturated heterocycles. The van der Waals surface area contributed by atoms with Crippen molar-refractivity contribution < 1.29 is 22.8 Å². The van der Waals surface area contributed by atoms with Crippen molar-refractivity contribution >= 4 is 23.1 Å². The lowest BCUT2D eigenvalue weighted by atomic mass is 9.97. The van der Waals surface area contributed by atoms with Crippen LogP contribution in [-0.4, -0.2) is 16.7 Å². The van der Waals surface area contributed by atoms with Crippen molar-refractivity contribution in [3.8, 4) is 0 Å². The molecule has 7 heteroatoms. The topological polar surface area (TPSA) is 49.4 Å². The quantitative estimate of drug-likeness (QED) is 0.566. The molecule has 0 saturated carbocycles. The number of anilines is 1. The Bertz CT molecular complexity index is 1270. The summed E-state index contributed by atoms with van der Waals surface area (Å²) in [4.78, 5) is 27.6. The molecule has 0 atom stereocenters. The molecule has 0 aliphatic carbocycles. The zero-order valence-electron chi connectivity index (χ0n) is 17.4. The van der Waals surface area contributed by atoms with Gasteiger partial charge in [0.05, 0.1) is 12.1 Å². The molecule has 1 aliphatic rings. The third-order valence-electron chi connectivity index (χ3n) is 5.26. The van der Waals surface area contributed by atoms with E-state index in [2.05, 4.69) is 5.32 Å². The average molecular weight is 436 g/mol. The molecular weight excluding hydrogens is 417 g/mol. The number of carbonyl (C=O) groups is 2. The Morgan fingerprint density at radius 2 is 1.53 bits per heavy atom. The standard InChI is InChI=1S/C25H19F3N2O2/c1-14-3-9-19(15(2)11-14)22-23(29-18-8-10-20(27)21(28)12-18)25(32)30(24(22)31)13-16-4-6-17(26)7-5-16/h3-12,29H,13H2,1-2H3. The van der Waals surface area contributed by atoms with Crippen molar-refractivity contribution in [2.24, 2.45) is 0 Å². The monoisotopic (exact) mass is 436 g/mol. The van der Waals surface area contributed by atoms with E-state index < -0.39 is 29.3 Å². The van der Waals surface area contributed by atoms with Crippen LogP contribution in [0.2, 0.25) is 0 Å². The summed E-state index contributed by atoms with van der Waals surface area (Å²) in [6.07, 6.45) is 0. The van der Waals surface area contributed by atoms with E-state index in [1.165, 1.54) is 30.3 Å². The SMILES string of the molecule is Cc1ccc(C2=C(Nc3ccc(F)c(F)c3)C(=O)N(Cc3ccc(F)cc3)C2=O)c(C)c1. The Kier molecular flexibility index (Phi) is 5.57. The van der Waals surface area contributed by atoms with Gasteiger partial charge < -0.3 is 5.32 Å². The summed E-state index contributed by atoms with van der Waals surface area (Å²) in [5.41, 5.74) is 3.14. The van der Waals surface area contributed by atoms with Crippen LogP contribution in [0.4, 0.5) is 18.9 Å². The van der Waals surface area contributed by atoms with Gasteiger partial charge in [-0.25, -0.2) is 13.2 Å². The molecular formula is C25H19F3N2O2. The van der Waals surface area contributed by atoms with E-state index in [0.29, 0.717) is 11.1 Å². The Morgan fingerprint density at radius 3 is 2.19 bits per heavy atom. The molecule has 32 heavy (non-hydrogen) atoms. The first-order chi connectivity index (χ1) is 15.2. The Morgan fingerprint density at radius 1 is 0.812 bits per heavy atom. The van der Waals surface area contributed by atoms with Crippen LogP contribution in [0.5, 0.6) is 0 Å². The van der Waals surface area contributed by atoms with Crippen molar-refractivity contribution in [1.29, 1.82) is 0 Å². The molecule has 0 bridgehead atoms. The number of hydrogen-bond acceptors (Lipinski definition) is 3. The normalized spacial score (nSPS) is 13.8. The summed E-state index contributed by atoms with van der Waals surface area (Å²) >= 11 is 0. The summed E-state index contributed by atoms with van der Waals surface area (Å²) < 4.78 is 40.3. The van der Waals surface area contributed by atoms with Gasteiger partial charge in [0.1, 0.15) is 11.5 Å². The van der Waals surface area contributed by atoms with Gasteiger partial charge in [-0.3, -0.25) is 14.5 Å². The maximum absolute atomic E-state index is 13.7. The minimum Gasteiger partial charge on any atom is -0.350 e. The summed E-state index contributed by atoms with van der Waals surface area (Å²) in [6, 6.07) is 14.1. The molecule has 3 aromatic rings. The molecule has 2 amide bonds. The van der Waals surface area contributed by atoms with Gasteiger partial charge in [-0.1, -0.05) is 35.9 Å². The minimum atomic E-state index is -1.08. The molecule has 3 aromatic carbocycles. The van der Waals surface area contributed by atoms with E-state index in [0.717, 1.165) is 28.2 Å². The van der Waals surface area contributed by atoms with E-state index >= 15 is 0 Å². The van der Waals surface area contributed by atoms with Crippen LogP contribution >= 0.6 is 0 Å². The Hall–Kier alpha value is -3.87. The zero-order valence-corrected chi connectivity index (χ0v) is 17.4. The van der Waals surface area contributed by atoms with E-state index in [9.17, 15) is 22.8 Å². The number of amides is 2. The highest BCUT2D eigenvalue weighted by molar-refractivity contribution is 6.36. The minimum absolute atomic E-state index is 0.0323. The third kappa shape index (κ3) is 4.01. The van der Waals surface area contributed by atoms with Gasteiger partial charge in [0.2, 0.25) is 0 Å². The Labute approximate surface area is 183 Å². The van der Waals surface area contributed by atoms with Crippen LogP contribution in [0.1, 0.15) is 22.3 Å². The van der Waals surface area contributed by atoms with Gasteiger partial charge in [0.25, 0.3) is 11.8 Å². The van der Waals surface area contributed by atoms with Gasteiger partial charge in [0, 0.05) is 11.8 Å². The molecule has 0 spiro atoms. The lowest BCUT2D eigenvalue weighted by molar-refractivity contribution is -0.137. The molecule has 1 heterocycles. The summed E-state index contributed by atoms with van der Waals surface area (Å²) in [5, 5.41) is 2.81. The van der Waals surface area contributed by atoms with Gasteiger partial charge in [-0.05, 0) is 54.8 Å². The highest BCUT2D eigenvalue weighted by Gasteiger charge is 2.39. The van der Waals surface area contributed by atoms with E-state index in [1.54, 1.807) is 6.07 Å². The second-order valence-electron chi connectivity index (χ2n) is 7.65. The molecule has 162 valence electrons. The molecule has 0 unspecified atom stereocenters. The highest BCUT2D eigenvalue weighted by atomic mass is 19.2. The van der Waals surface area contributed by atoms with Crippen molar-refractivity contribution in [2.75, 3.05) is 5.32 Å². The maximum atomic E-state index is 13.7. The van der Waals surface area contributed by atoms with Gasteiger partial charge in [-0.15, -0.1) is 0 Å². The van der Waals surface area contributed by atoms with E-state index in [1.807, 2.05) is 26.0 Å². The van der Waals surface area contributed by atoms with Gasteiger partial charge >= 0.3 is 0 Å².